The molecule has 2 aliphatic carbocycles. The maximum absolute atomic E-state index is 11.9. The van der Waals surface area contributed by atoms with E-state index >= 15 is 0 Å². The molecule has 0 aromatic heterocycles. The van der Waals surface area contributed by atoms with Gasteiger partial charge in [-0.25, -0.2) is 0 Å². The van der Waals surface area contributed by atoms with Crippen molar-refractivity contribution < 1.29 is 4.79 Å². The Morgan fingerprint density at radius 1 is 1.64 bits per heavy atom. The van der Waals surface area contributed by atoms with Crippen LogP contribution in [0.3, 0.4) is 0 Å². The van der Waals surface area contributed by atoms with Crippen LogP contribution in [0.15, 0.2) is 23.8 Å². The topological polar surface area (TPSA) is 17.1 Å². The summed E-state index contributed by atoms with van der Waals surface area (Å²) in [5.74, 6) is 1.59. The van der Waals surface area contributed by atoms with Crippen LogP contribution < -0.4 is 0 Å². The molecule has 0 amide bonds. The Bertz CT molecular complexity index is 333. The van der Waals surface area contributed by atoms with Gasteiger partial charge in [-0.05, 0) is 36.2 Å². The van der Waals surface area contributed by atoms with E-state index in [1.165, 1.54) is 5.57 Å². The van der Waals surface area contributed by atoms with Crippen molar-refractivity contribution in [2.45, 2.75) is 33.6 Å². The van der Waals surface area contributed by atoms with Crippen molar-refractivity contribution in [3.8, 4) is 0 Å². The number of allylic oxidation sites excluding steroid dienone is 3. The molecule has 2 aliphatic rings. The minimum absolute atomic E-state index is 0.301. The maximum atomic E-state index is 11.9. The van der Waals surface area contributed by atoms with Crippen molar-refractivity contribution in [2.75, 3.05) is 0 Å². The van der Waals surface area contributed by atoms with Crippen molar-refractivity contribution in [2.24, 2.45) is 17.3 Å². The Morgan fingerprint density at radius 2 is 2.29 bits per heavy atom. The molecule has 2 rings (SSSR count). The monoisotopic (exact) mass is 190 g/mol. The summed E-state index contributed by atoms with van der Waals surface area (Å²) in [5.41, 5.74) is 2.83. The van der Waals surface area contributed by atoms with Gasteiger partial charge in [0.2, 0.25) is 0 Å². The van der Waals surface area contributed by atoms with Gasteiger partial charge in [0, 0.05) is 6.42 Å². The van der Waals surface area contributed by atoms with E-state index in [0.717, 1.165) is 17.9 Å². The highest BCUT2D eigenvalue weighted by Gasteiger charge is 2.63. The van der Waals surface area contributed by atoms with Gasteiger partial charge in [0.25, 0.3) is 0 Å². The lowest BCUT2D eigenvalue weighted by atomic mass is 9.92. The van der Waals surface area contributed by atoms with Gasteiger partial charge in [-0.15, -0.1) is 6.58 Å². The molecule has 0 aromatic rings. The normalized spacial score (nSPS) is 32.8. The SMILES string of the molecule is C=CCC(=O)C1=C(C)C[C@H]2[C@@H]1C2(C)C. The summed E-state index contributed by atoms with van der Waals surface area (Å²) in [4.78, 5) is 11.9. The highest BCUT2D eigenvalue weighted by molar-refractivity contribution is 5.99. The third-order valence-electron chi connectivity index (χ3n) is 3.98. The minimum atomic E-state index is 0.301. The molecule has 1 saturated carbocycles. The molecule has 0 unspecified atom stereocenters. The van der Waals surface area contributed by atoms with Crippen molar-refractivity contribution in [1.29, 1.82) is 0 Å². The number of carbonyl (C=O) groups is 1. The molecule has 2 atom stereocenters. The Labute approximate surface area is 85.9 Å². The van der Waals surface area contributed by atoms with Crippen LogP contribution in [-0.4, -0.2) is 5.78 Å². The van der Waals surface area contributed by atoms with Crippen LogP contribution >= 0.6 is 0 Å². The predicted molar refractivity (Wildman–Crippen MR) is 57.9 cm³/mol. The summed E-state index contributed by atoms with van der Waals surface area (Å²) in [7, 11) is 0. The lowest BCUT2D eigenvalue weighted by Gasteiger charge is -2.11. The molecule has 1 nitrogen and oxygen atoms in total. The lowest BCUT2D eigenvalue weighted by molar-refractivity contribution is -0.115. The first kappa shape index (κ1) is 9.70. The highest BCUT2D eigenvalue weighted by Crippen LogP contribution is 2.68. The summed E-state index contributed by atoms with van der Waals surface area (Å²) in [6, 6.07) is 0. The number of rotatable bonds is 3. The average molecular weight is 190 g/mol. The maximum Gasteiger partial charge on any atom is 0.162 e. The standard InChI is InChI=1S/C13H18O/c1-5-6-10(14)11-8(2)7-9-12(11)13(9,3)4/h5,9,12H,1,6-7H2,2-4H3/t9-,12-/m0/s1. The van der Waals surface area contributed by atoms with E-state index in [0.29, 0.717) is 23.5 Å². The molecular formula is C13H18O. The van der Waals surface area contributed by atoms with Crippen LogP contribution in [0.25, 0.3) is 0 Å². The first-order valence-corrected chi connectivity index (χ1v) is 5.34. The van der Waals surface area contributed by atoms with E-state index in [1.54, 1.807) is 6.08 Å². The summed E-state index contributed by atoms with van der Waals surface area (Å²) in [6.45, 7) is 10.3. The lowest BCUT2D eigenvalue weighted by Crippen LogP contribution is -2.08. The molecular weight excluding hydrogens is 172 g/mol. The van der Waals surface area contributed by atoms with Crippen LogP contribution in [0.5, 0.6) is 0 Å². The largest absolute Gasteiger partial charge is 0.294 e. The van der Waals surface area contributed by atoms with Gasteiger partial charge in [-0.1, -0.05) is 25.5 Å². The van der Waals surface area contributed by atoms with E-state index in [1.807, 2.05) is 0 Å². The van der Waals surface area contributed by atoms with E-state index in [4.69, 9.17) is 0 Å². The second-order valence-electron chi connectivity index (χ2n) is 5.22. The van der Waals surface area contributed by atoms with Crippen LogP contribution in [0.2, 0.25) is 0 Å². The number of ketones is 1. The fourth-order valence-corrected chi connectivity index (χ4v) is 3.06. The van der Waals surface area contributed by atoms with Crippen LogP contribution in [0.4, 0.5) is 0 Å². The van der Waals surface area contributed by atoms with Crippen molar-refractivity contribution in [3.05, 3.63) is 23.8 Å². The second kappa shape index (κ2) is 2.82. The third-order valence-corrected chi connectivity index (χ3v) is 3.98. The van der Waals surface area contributed by atoms with Crippen LogP contribution in [-0.2, 0) is 4.79 Å². The molecule has 76 valence electrons. The van der Waals surface area contributed by atoms with Gasteiger partial charge in [0.05, 0.1) is 0 Å². The molecule has 0 aromatic carbocycles. The number of Topliss-reactive ketones (excluding diaryl/α,β-unsaturated/α-hetero) is 1. The zero-order valence-electron chi connectivity index (χ0n) is 9.26. The molecule has 0 bridgehead atoms. The van der Waals surface area contributed by atoms with Gasteiger partial charge < -0.3 is 0 Å². The fourth-order valence-electron chi connectivity index (χ4n) is 3.06. The summed E-state index contributed by atoms with van der Waals surface area (Å²) < 4.78 is 0. The Kier molecular flexibility index (Phi) is 1.95. The van der Waals surface area contributed by atoms with Crippen LogP contribution in [0, 0.1) is 17.3 Å². The Balaban J connectivity index is 2.22. The van der Waals surface area contributed by atoms with E-state index in [-0.39, 0.29) is 0 Å². The Hall–Kier alpha value is -0.850. The number of carbonyl (C=O) groups excluding carboxylic acids is 1. The molecule has 0 radical (unpaired) electrons. The van der Waals surface area contributed by atoms with Gasteiger partial charge >= 0.3 is 0 Å². The van der Waals surface area contributed by atoms with Crippen molar-refractivity contribution >= 4 is 5.78 Å². The van der Waals surface area contributed by atoms with E-state index in [9.17, 15) is 4.79 Å². The van der Waals surface area contributed by atoms with Gasteiger partial charge in [-0.2, -0.15) is 0 Å². The molecule has 0 aliphatic heterocycles. The molecule has 1 heteroatoms. The highest BCUT2D eigenvalue weighted by atomic mass is 16.1. The molecule has 0 saturated heterocycles. The minimum Gasteiger partial charge on any atom is -0.294 e. The van der Waals surface area contributed by atoms with E-state index < -0.39 is 0 Å². The zero-order valence-corrected chi connectivity index (χ0v) is 9.26. The molecule has 0 spiro atoms. The van der Waals surface area contributed by atoms with Crippen molar-refractivity contribution in [1.82, 2.24) is 0 Å². The first-order valence-electron chi connectivity index (χ1n) is 5.34. The smallest absolute Gasteiger partial charge is 0.162 e. The molecule has 1 fully saturated rings. The molecule has 0 heterocycles. The zero-order chi connectivity index (χ0) is 10.5. The Morgan fingerprint density at radius 3 is 2.79 bits per heavy atom. The summed E-state index contributed by atoms with van der Waals surface area (Å²) >= 11 is 0. The molecule has 0 N–H and O–H groups in total. The van der Waals surface area contributed by atoms with Gasteiger partial charge in [0.1, 0.15) is 0 Å². The van der Waals surface area contributed by atoms with E-state index in [2.05, 4.69) is 27.4 Å². The number of hydrogen-bond acceptors (Lipinski definition) is 1. The van der Waals surface area contributed by atoms with Crippen LogP contribution in [0.1, 0.15) is 33.6 Å². The van der Waals surface area contributed by atoms with Crippen molar-refractivity contribution in [3.63, 3.8) is 0 Å². The molecule has 14 heavy (non-hydrogen) atoms. The summed E-state index contributed by atoms with van der Waals surface area (Å²) in [6.07, 6.45) is 3.35. The number of hydrogen-bond donors (Lipinski definition) is 0. The number of fused-ring (bicyclic) bond motifs is 1. The average Bonchev–Trinajstić information content (AvgIpc) is 2.48. The summed E-state index contributed by atoms with van der Waals surface area (Å²) in [5, 5.41) is 0. The van der Waals surface area contributed by atoms with Gasteiger partial charge in [0.15, 0.2) is 5.78 Å². The third kappa shape index (κ3) is 1.11. The fraction of sp³-hybridized carbons (Fsp3) is 0.615. The second-order valence-corrected chi connectivity index (χ2v) is 5.22. The quantitative estimate of drug-likeness (QED) is 0.625. The first-order chi connectivity index (χ1) is 6.50. The van der Waals surface area contributed by atoms with Gasteiger partial charge in [-0.3, -0.25) is 4.79 Å². The predicted octanol–water partition coefficient (Wildman–Crippen LogP) is 3.12.